The van der Waals surface area contributed by atoms with Crippen molar-refractivity contribution in [3.05, 3.63) is 53.3 Å². The second-order valence-corrected chi connectivity index (χ2v) is 5.18. The van der Waals surface area contributed by atoms with Gasteiger partial charge in [0, 0.05) is 44.5 Å². The van der Waals surface area contributed by atoms with Crippen molar-refractivity contribution >= 4 is 18.4 Å². The Balaban J connectivity index is 0.00000161. The molecule has 21 heavy (non-hydrogen) atoms. The standard InChI is InChI=1S/C16H20N4.ClH/c1-13-15(11-14-5-3-2-4-6-14)12-18-16(19-13)20-9-7-17-8-10-20;/h2-6,12,17H,7-11H2,1H3;1H. The number of piperazine rings is 1. The third-order valence-electron chi connectivity index (χ3n) is 3.71. The van der Waals surface area contributed by atoms with Crippen molar-refractivity contribution in [2.75, 3.05) is 31.1 Å². The zero-order valence-electron chi connectivity index (χ0n) is 12.2. The van der Waals surface area contributed by atoms with Crippen molar-refractivity contribution in [3.8, 4) is 0 Å². The minimum Gasteiger partial charge on any atom is -0.338 e. The Morgan fingerprint density at radius 1 is 1.14 bits per heavy atom. The van der Waals surface area contributed by atoms with Gasteiger partial charge in [0.2, 0.25) is 5.95 Å². The number of benzene rings is 1. The van der Waals surface area contributed by atoms with Crippen LogP contribution in [0.2, 0.25) is 0 Å². The van der Waals surface area contributed by atoms with E-state index in [1.165, 1.54) is 11.1 Å². The lowest BCUT2D eigenvalue weighted by atomic mass is 10.1. The summed E-state index contributed by atoms with van der Waals surface area (Å²) < 4.78 is 0. The van der Waals surface area contributed by atoms with Gasteiger partial charge in [0.15, 0.2) is 0 Å². The number of nitrogens with zero attached hydrogens (tertiary/aromatic N) is 3. The average molecular weight is 305 g/mol. The fourth-order valence-corrected chi connectivity index (χ4v) is 2.49. The number of hydrogen-bond acceptors (Lipinski definition) is 4. The Kier molecular flexibility index (Phi) is 5.53. The van der Waals surface area contributed by atoms with Crippen molar-refractivity contribution in [2.45, 2.75) is 13.3 Å². The second-order valence-electron chi connectivity index (χ2n) is 5.18. The van der Waals surface area contributed by atoms with Crippen molar-refractivity contribution in [3.63, 3.8) is 0 Å². The summed E-state index contributed by atoms with van der Waals surface area (Å²) >= 11 is 0. The first-order chi connectivity index (χ1) is 9.83. The van der Waals surface area contributed by atoms with E-state index in [0.717, 1.165) is 44.2 Å². The molecule has 3 rings (SSSR count). The summed E-state index contributed by atoms with van der Waals surface area (Å²) in [5, 5.41) is 3.35. The number of halogens is 1. The molecule has 4 nitrogen and oxygen atoms in total. The minimum absolute atomic E-state index is 0. The maximum atomic E-state index is 4.68. The van der Waals surface area contributed by atoms with Gasteiger partial charge in [-0.15, -0.1) is 12.4 Å². The molecule has 112 valence electrons. The maximum absolute atomic E-state index is 4.68. The van der Waals surface area contributed by atoms with Gasteiger partial charge in [0.1, 0.15) is 0 Å². The van der Waals surface area contributed by atoms with Crippen molar-refractivity contribution in [1.29, 1.82) is 0 Å². The summed E-state index contributed by atoms with van der Waals surface area (Å²) in [6.45, 7) is 6.06. The Morgan fingerprint density at radius 2 is 1.86 bits per heavy atom. The Hall–Kier alpha value is -1.65. The zero-order valence-corrected chi connectivity index (χ0v) is 13.1. The van der Waals surface area contributed by atoms with Crippen LogP contribution in [0.15, 0.2) is 36.5 Å². The SMILES string of the molecule is Cc1nc(N2CCNCC2)ncc1Cc1ccccc1.Cl. The molecule has 0 spiro atoms. The molecule has 1 aromatic carbocycles. The van der Waals surface area contributed by atoms with Gasteiger partial charge in [0.05, 0.1) is 0 Å². The number of aryl methyl sites for hydroxylation is 1. The van der Waals surface area contributed by atoms with E-state index < -0.39 is 0 Å². The zero-order chi connectivity index (χ0) is 13.8. The fourth-order valence-electron chi connectivity index (χ4n) is 2.49. The molecule has 0 atom stereocenters. The summed E-state index contributed by atoms with van der Waals surface area (Å²) in [6.07, 6.45) is 2.88. The maximum Gasteiger partial charge on any atom is 0.225 e. The third kappa shape index (κ3) is 3.93. The Morgan fingerprint density at radius 3 is 2.52 bits per heavy atom. The van der Waals surface area contributed by atoms with Gasteiger partial charge in [-0.3, -0.25) is 0 Å². The Bertz CT molecular complexity index is 568. The predicted molar refractivity (Wildman–Crippen MR) is 88.3 cm³/mol. The highest BCUT2D eigenvalue weighted by molar-refractivity contribution is 5.85. The normalized spacial score (nSPS) is 14.6. The van der Waals surface area contributed by atoms with E-state index in [1.807, 2.05) is 12.3 Å². The number of nitrogens with one attached hydrogen (secondary N) is 1. The van der Waals surface area contributed by atoms with E-state index in [1.54, 1.807) is 0 Å². The number of aromatic nitrogens is 2. The molecule has 2 aromatic rings. The molecule has 0 saturated carbocycles. The van der Waals surface area contributed by atoms with Gasteiger partial charge in [-0.1, -0.05) is 30.3 Å². The minimum atomic E-state index is 0. The van der Waals surface area contributed by atoms with Gasteiger partial charge >= 0.3 is 0 Å². The molecule has 1 N–H and O–H groups in total. The van der Waals surface area contributed by atoms with E-state index in [0.29, 0.717) is 0 Å². The van der Waals surface area contributed by atoms with E-state index in [-0.39, 0.29) is 12.4 Å². The highest BCUT2D eigenvalue weighted by Crippen LogP contribution is 2.15. The van der Waals surface area contributed by atoms with Crippen LogP contribution in [-0.4, -0.2) is 36.1 Å². The molecule has 1 aliphatic heterocycles. The number of anilines is 1. The average Bonchev–Trinajstić information content (AvgIpc) is 2.51. The molecule has 0 unspecified atom stereocenters. The molecule has 2 heterocycles. The summed E-state index contributed by atoms with van der Waals surface area (Å²) in [5.41, 5.74) is 3.58. The molecular weight excluding hydrogens is 284 g/mol. The molecule has 0 bridgehead atoms. The largest absolute Gasteiger partial charge is 0.338 e. The molecule has 1 saturated heterocycles. The first kappa shape index (κ1) is 15.7. The summed E-state index contributed by atoms with van der Waals surface area (Å²) in [7, 11) is 0. The van der Waals surface area contributed by atoms with Crippen LogP contribution in [0.5, 0.6) is 0 Å². The van der Waals surface area contributed by atoms with Crippen LogP contribution in [0.4, 0.5) is 5.95 Å². The molecule has 1 aliphatic rings. The van der Waals surface area contributed by atoms with Gasteiger partial charge < -0.3 is 10.2 Å². The fraction of sp³-hybridized carbons (Fsp3) is 0.375. The van der Waals surface area contributed by atoms with E-state index in [4.69, 9.17) is 0 Å². The smallest absolute Gasteiger partial charge is 0.225 e. The molecular formula is C16H21ClN4. The lowest BCUT2D eigenvalue weighted by molar-refractivity contribution is 0.579. The highest BCUT2D eigenvalue weighted by Gasteiger charge is 2.14. The van der Waals surface area contributed by atoms with Gasteiger partial charge in [-0.05, 0) is 18.1 Å². The third-order valence-corrected chi connectivity index (χ3v) is 3.71. The van der Waals surface area contributed by atoms with Gasteiger partial charge in [0.25, 0.3) is 0 Å². The topological polar surface area (TPSA) is 41.1 Å². The van der Waals surface area contributed by atoms with Gasteiger partial charge in [-0.25, -0.2) is 9.97 Å². The lowest BCUT2D eigenvalue weighted by Crippen LogP contribution is -2.44. The van der Waals surface area contributed by atoms with E-state index in [2.05, 4.69) is 51.4 Å². The molecule has 5 heteroatoms. The second kappa shape index (κ2) is 7.38. The van der Waals surface area contributed by atoms with Crippen LogP contribution >= 0.6 is 12.4 Å². The molecule has 0 amide bonds. The first-order valence-corrected chi connectivity index (χ1v) is 7.15. The van der Waals surface area contributed by atoms with Crippen LogP contribution < -0.4 is 10.2 Å². The molecule has 0 radical (unpaired) electrons. The monoisotopic (exact) mass is 304 g/mol. The molecule has 0 aliphatic carbocycles. The van der Waals surface area contributed by atoms with Crippen molar-refractivity contribution in [2.24, 2.45) is 0 Å². The van der Waals surface area contributed by atoms with Crippen LogP contribution in [0.3, 0.4) is 0 Å². The van der Waals surface area contributed by atoms with Crippen LogP contribution in [0.25, 0.3) is 0 Å². The quantitative estimate of drug-likeness (QED) is 0.944. The van der Waals surface area contributed by atoms with Crippen LogP contribution in [0, 0.1) is 6.92 Å². The summed E-state index contributed by atoms with van der Waals surface area (Å²) in [6, 6.07) is 10.5. The van der Waals surface area contributed by atoms with Crippen molar-refractivity contribution < 1.29 is 0 Å². The van der Waals surface area contributed by atoms with Crippen molar-refractivity contribution in [1.82, 2.24) is 15.3 Å². The Labute approximate surface area is 132 Å². The molecule has 1 fully saturated rings. The van der Waals surface area contributed by atoms with Gasteiger partial charge in [-0.2, -0.15) is 0 Å². The van der Waals surface area contributed by atoms with E-state index in [9.17, 15) is 0 Å². The number of rotatable bonds is 3. The lowest BCUT2D eigenvalue weighted by Gasteiger charge is -2.27. The first-order valence-electron chi connectivity index (χ1n) is 7.15. The highest BCUT2D eigenvalue weighted by atomic mass is 35.5. The summed E-state index contributed by atoms with van der Waals surface area (Å²) in [5.74, 6) is 0.862. The van der Waals surface area contributed by atoms with Crippen LogP contribution in [-0.2, 0) is 6.42 Å². The summed E-state index contributed by atoms with van der Waals surface area (Å²) in [4.78, 5) is 11.5. The predicted octanol–water partition coefficient (Wildman–Crippen LogP) is 2.21. The van der Waals surface area contributed by atoms with Crippen LogP contribution in [0.1, 0.15) is 16.8 Å². The number of hydrogen-bond donors (Lipinski definition) is 1. The van der Waals surface area contributed by atoms with E-state index >= 15 is 0 Å². The molecule has 1 aromatic heterocycles.